The van der Waals surface area contributed by atoms with Gasteiger partial charge in [0.05, 0.1) is 13.2 Å². The Balaban J connectivity index is 1.78. The third kappa shape index (κ3) is 3.73. The second-order valence-corrected chi connectivity index (χ2v) is 6.13. The lowest BCUT2D eigenvalue weighted by Gasteiger charge is -2.25. The van der Waals surface area contributed by atoms with E-state index < -0.39 is 0 Å². The van der Waals surface area contributed by atoms with Crippen LogP contribution in [0.25, 0.3) is 0 Å². The Kier molecular flexibility index (Phi) is 4.96. The van der Waals surface area contributed by atoms with E-state index in [0.717, 1.165) is 5.75 Å². The molecule has 0 aliphatic heterocycles. The van der Waals surface area contributed by atoms with Gasteiger partial charge in [0.15, 0.2) is 0 Å². The molecule has 1 N–H and O–H groups in total. The maximum absolute atomic E-state index is 12.6. The van der Waals surface area contributed by atoms with Gasteiger partial charge >= 0.3 is 0 Å². The number of rotatable bonds is 5. The number of nitrogens with one attached hydrogen (secondary N) is 1. The van der Waals surface area contributed by atoms with Gasteiger partial charge < -0.3 is 10.1 Å². The minimum Gasteiger partial charge on any atom is -0.497 e. The van der Waals surface area contributed by atoms with Gasteiger partial charge in [-0.2, -0.15) is 0 Å². The van der Waals surface area contributed by atoms with E-state index in [1.807, 2.05) is 42.5 Å². The summed E-state index contributed by atoms with van der Waals surface area (Å²) >= 11 is 0. The van der Waals surface area contributed by atoms with Crippen molar-refractivity contribution >= 4 is 5.91 Å². The molecule has 3 nitrogen and oxygen atoms in total. The predicted octanol–water partition coefficient (Wildman–Crippen LogP) is 4.36. The minimum absolute atomic E-state index is 0.0200. The van der Waals surface area contributed by atoms with Crippen LogP contribution in [0.2, 0.25) is 0 Å². The number of hydrogen-bond acceptors (Lipinski definition) is 2. The van der Waals surface area contributed by atoms with Gasteiger partial charge in [-0.3, -0.25) is 4.79 Å². The monoisotopic (exact) mass is 309 g/mol. The topological polar surface area (TPSA) is 38.3 Å². The van der Waals surface area contributed by atoms with Gasteiger partial charge in [0.25, 0.3) is 5.91 Å². The van der Waals surface area contributed by atoms with Crippen LogP contribution in [0.3, 0.4) is 0 Å². The van der Waals surface area contributed by atoms with Crippen LogP contribution in [-0.4, -0.2) is 13.0 Å². The summed E-state index contributed by atoms with van der Waals surface area (Å²) in [7, 11) is 1.63. The summed E-state index contributed by atoms with van der Waals surface area (Å²) in [6.45, 7) is 0. The summed E-state index contributed by atoms with van der Waals surface area (Å²) in [5, 5.41) is 3.25. The SMILES string of the molecule is COc1ccc(C(=O)NC(c2ccccc2)C2CCCC2)cc1. The van der Waals surface area contributed by atoms with Gasteiger partial charge in [0.1, 0.15) is 5.75 Å². The van der Waals surface area contributed by atoms with Crippen LogP contribution in [0.15, 0.2) is 54.6 Å². The number of carbonyl (C=O) groups is 1. The average Bonchev–Trinajstić information content (AvgIpc) is 3.14. The first-order chi connectivity index (χ1) is 11.3. The molecule has 0 aromatic heterocycles. The number of benzene rings is 2. The van der Waals surface area contributed by atoms with Gasteiger partial charge in [0.2, 0.25) is 0 Å². The van der Waals surface area contributed by atoms with Crippen LogP contribution in [0.1, 0.15) is 47.6 Å². The van der Waals surface area contributed by atoms with Crippen molar-refractivity contribution in [2.45, 2.75) is 31.7 Å². The summed E-state index contributed by atoms with van der Waals surface area (Å²) in [5.74, 6) is 1.27. The molecule has 0 saturated heterocycles. The standard InChI is InChI=1S/C20H23NO2/c1-23-18-13-11-17(12-14-18)20(22)21-19(16-9-5-6-10-16)15-7-3-2-4-8-15/h2-4,7-8,11-14,16,19H,5-6,9-10H2,1H3,(H,21,22). The molecule has 1 amide bonds. The van der Waals surface area contributed by atoms with Crippen LogP contribution in [0, 0.1) is 5.92 Å². The van der Waals surface area contributed by atoms with Crippen molar-refractivity contribution in [3.05, 3.63) is 65.7 Å². The van der Waals surface area contributed by atoms with Crippen LogP contribution in [0.4, 0.5) is 0 Å². The number of carbonyl (C=O) groups excluding carboxylic acids is 1. The second kappa shape index (κ2) is 7.32. The van der Waals surface area contributed by atoms with E-state index in [0.29, 0.717) is 11.5 Å². The first kappa shape index (κ1) is 15.6. The lowest BCUT2D eigenvalue weighted by molar-refractivity contribution is 0.0921. The van der Waals surface area contributed by atoms with Crippen molar-refractivity contribution in [3.63, 3.8) is 0 Å². The summed E-state index contributed by atoms with van der Waals surface area (Å²) in [4.78, 5) is 12.6. The lowest BCUT2D eigenvalue weighted by Crippen LogP contribution is -2.32. The van der Waals surface area contributed by atoms with Crippen molar-refractivity contribution in [1.29, 1.82) is 0 Å². The molecular formula is C20H23NO2. The summed E-state index contributed by atoms with van der Waals surface area (Å²) in [6.07, 6.45) is 4.88. The fourth-order valence-corrected chi connectivity index (χ4v) is 3.39. The molecule has 120 valence electrons. The molecule has 1 aliphatic rings. The number of amides is 1. The van der Waals surface area contributed by atoms with Gasteiger partial charge in [-0.15, -0.1) is 0 Å². The molecule has 0 heterocycles. The van der Waals surface area contributed by atoms with Gasteiger partial charge in [-0.1, -0.05) is 43.2 Å². The molecule has 23 heavy (non-hydrogen) atoms. The largest absolute Gasteiger partial charge is 0.497 e. The molecule has 1 aliphatic carbocycles. The summed E-state index contributed by atoms with van der Waals surface area (Å²) in [5.41, 5.74) is 1.87. The zero-order valence-corrected chi connectivity index (χ0v) is 13.5. The highest BCUT2D eigenvalue weighted by molar-refractivity contribution is 5.94. The molecular weight excluding hydrogens is 286 g/mol. The minimum atomic E-state index is -0.0200. The number of methoxy groups -OCH3 is 1. The van der Waals surface area contributed by atoms with Crippen molar-refractivity contribution in [2.75, 3.05) is 7.11 Å². The van der Waals surface area contributed by atoms with Crippen LogP contribution >= 0.6 is 0 Å². The highest BCUT2D eigenvalue weighted by atomic mass is 16.5. The quantitative estimate of drug-likeness (QED) is 0.891. The fraction of sp³-hybridized carbons (Fsp3) is 0.350. The van der Waals surface area contributed by atoms with Gasteiger partial charge in [-0.25, -0.2) is 0 Å². The third-order valence-corrected chi connectivity index (χ3v) is 4.67. The molecule has 1 fully saturated rings. The Bertz CT molecular complexity index is 630. The summed E-state index contributed by atoms with van der Waals surface area (Å²) in [6, 6.07) is 17.7. The summed E-state index contributed by atoms with van der Waals surface area (Å²) < 4.78 is 5.15. The highest BCUT2D eigenvalue weighted by Crippen LogP contribution is 2.35. The highest BCUT2D eigenvalue weighted by Gasteiger charge is 2.27. The third-order valence-electron chi connectivity index (χ3n) is 4.67. The first-order valence-corrected chi connectivity index (χ1v) is 8.28. The lowest BCUT2D eigenvalue weighted by atomic mass is 9.91. The van der Waals surface area contributed by atoms with Crippen molar-refractivity contribution < 1.29 is 9.53 Å². The van der Waals surface area contributed by atoms with Crippen LogP contribution in [-0.2, 0) is 0 Å². The Labute approximate surface area is 137 Å². The predicted molar refractivity (Wildman–Crippen MR) is 91.6 cm³/mol. The smallest absolute Gasteiger partial charge is 0.251 e. The van der Waals surface area contributed by atoms with E-state index >= 15 is 0 Å². The van der Waals surface area contributed by atoms with E-state index in [4.69, 9.17) is 4.74 Å². The van der Waals surface area contributed by atoms with E-state index in [9.17, 15) is 4.79 Å². The fourth-order valence-electron chi connectivity index (χ4n) is 3.39. The Morgan fingerprint density at radius 2 is 1.70 bits per heavy atom. The normalized spacial score (nSPS) is 16.0. The molecule has 0 bridgehead atoms. The molecule has 3 rings (SSSR count). The molecule has 2 aromatic rings. The average molecular weight is 309 g/mol. The molecule has 1 saturated carbocycles. The van der Waals surface area contributed by atoms with E-state index in [2.05, 4.69) is 17.4 Å². The Morgan fingerprint density at radius 3 is 2.30 bits per heavy atom. The first-order valence-electron chi connectivity index (χ1n) is 8.28. The molecule has 0 radical (unpaired) electrons. The van der Waals surface area contributed by atoms with Gasteiger partial charge in [0, 0.05) is 5.56 Å². The van der Waals surface area contributed by atoms with Crippen LogP contribution in [0.5, 0.6) is 5.75 Å². The zero-order chi connectivity index (χ0) is 16.1. The number of ether oxygens (including phenoxy) is 1. The van der Waals surface area contributed by atoms with Gasteiger partial charge in [-0.05, 0) is 48.6 Å². The van der Waals surface area contributed by atoms with Crippen molar-refractivity contribution in [2.24, 2.45) is 5.92 Å². The molecule has 0 spiro atoms. The maximum atomic E-state index is 12.6. The molecule has 2 aromatic carbocycles. The Morgan fingerprint density at radius 1 is 1.04 bits per heavy atom. The van der Waals surface area contributed by atoms with E-state index in [-0.39, 0.29) is 11.9 Å². The number of hydrogen-bond donors (Lipinski definition) is 1. The van der Waals surface area contributed by atoms with Crippen molar-refractivity contribution in [1.82, 2.24) is 5.32 Å². The molecule has 1 atom stereocenters. The van der Waals surface area contributed by atoms with Crippen LogP contribution < -0.4 is 10.1 Å². The molecule has 3 heteroatoms. The maximum Gasteiger partial charge on any atom is 0.251 e. The zero-order valence-electron chi connectivity index (χ0n) is 13.5. The van der Waals surface area contributed by atoms with Crippen molar-refractivity contribution in [3.8, 4) is 5.75 Å². The van der Waals surface area contributed by atoms with E-state index in [1.165, 1.54) is 31.2 Å². The Hall–Kier alpha value is -2.29. The molecule has 1 unspecified atom stereocenters. The second-order valence-electron chi connectivity index (χ2n) is 6.13. The van der Waals surface area contributed by atoms with E-state index in [1.54, 1.807) is 7.11 Å².